The number of likely N-dealkylation sites (tertiary alicyclic amines) is 1. The van der Waals surface area contributed by atoms with Gasteiger partial charge in [-0.2, -0.15) is 0 Å². The van der Waals surface area contributed by atoms with Gasteiger partial charge in [-0.05, 0) is 55.4 Å². The minimum atomic E-state index is -0.107. The zero-order chi connectivity index (χ0) is 18.7. The molecule has 1 heterocycles. The van der Waals surface area contributed by atoms with E-state index in [1.54, 1.807) is 24.3 Å². The molecular formula is C21H29ClN2O2. The number of carbonyl (C=O) groups excluding carboxylic acids is 2. The highest BCUT2D eigenvalue weighted by Gasteiger charge is 2.33. The number of hydrogen-bond acceptors (Lipinski definition) is 2. The average molecular weight is 377 g/mol. The van der Waals surface area contributed by atoms with E-state index in [1.807, 2.05) is 4.90 Å². The highest BCUT2D eigenvalue weighted by Crippen LogP contribution is 2.30. The lowest BCUT2D eigenvalue weighted by molar-refractivity contribution is -0.127. The number of carbonyl (C=O) groups is 2. The summed E-state index contributed by atoms with van der Waals surface area (Å²) in [5.41, 5.74) is 0.630. The molecule has 0 radical (unpaired) electrons. The molecule has 4 atom stereocenters. The molecule has 1 aliphatic heterocycles. The van der Waals surface area contributed by atoms with Crippen LogP contribution in [0, 0.1) is 17.8 Å². The first-order valence-electron chi connectivity index (χ1n) is 9.81. The lowest BCUT2D eigenvalue weighted by atomic mass is 9.78. The Morgan fingerprint density at radius 1 is 1.08 bits per heavy atom. The Kier molecular flexibility index (Phi) is 6.23. The second kappa shape index (κ2) is 8.43. The lowest BCUT2D eigenvalue weighted by Crippen LogP contribution is -2.50. The van der Waals surface area contributed by atoms with Crippen molar-refractivity contribution in [3.05, 3.63) is 34.9 Å². The maximum absolute atomic E-state index is 12.8. The van der Waals surface area contributed by atoms with Gasteiger partial charge >= 0.3 is 0 Å². The van der Waals surface area contributed by atoms with Crippen LogP contribution in [0.1, 0.15) is 56.3 Å². The molecule has 1 N–H and O–H groups in total. The summed E-state index contributed by atoms with van der Waals surface area (Å²) in [4.78, 5) is 27.3. The number of amides is 2. The van der Waals surface area contributed by atoms with Gasteiger partial charge in [0.05, 0.1) is 5.92 Å². The van der Waals surface area contributed by atoms with Crippen molar-refractivity contribution in [3.8, 4) is 0 Å². The van der Waals surface area contributed by atoms with Crippen molar-refractivity contribution in [3.63, 3.8) is 0 Å². The average Bonchev–Trinajstić information content (AvgIpc) is 2.65. The van der Waals surface area contributed by atoms with Gasteiger partial charge in [0.25, 0.3) is 5.91 Å². The third-order valence-electron chi connectivity index (χ3n) is 6.21. The van der Waals surface area contributed by atoms with Crippen molar-refractivity contribution in [2.24, 2.45) is 17.8 Å². The molecule has 2 fully saturated rings. The van der Waals surface area contributed by atoms with Crippen molar-refractivity contribution in [1.82, 2.24) is 10.2 Å². The molecule has 2 amide bonds. The van der Waals surface area contributed by atoms with Crippen molar-refractivity contribution < 1.29 is 9.59 Å². The molecule has 0 spiro atoms. The van der Waals surface area contributed by atoms with Crippen LogP contribution >= 0.6 is 11.6 Å². The van der Waals surface area contributed by atoms with Crippen LogP contribution in [-0.4, -0.2) is 35.8 Å². The number of halogens is 1. The normalized spacial score (nSPS) is 29.3. The zero-order valence-corrected chi connectivity index (χ0v) is 16.5. The monoisotopic (exact) mass is 376 g/mol. The molecule has 1 saturated heterocycles. The summed E-state index contributed by atoms with van der Waals surface area (Å²) in [5.74, 6) is 1.17. The third kappa shape index (κ3) is 4.40. The molecule has 0 bridgehead atoms. The molecule has 1 saturated carbocycles. The fourth-order valence-electron chi connectivity index (χ4n) is 4.24. The maximum atomic E-state index is 12.8. The van der Waals surface area contributed by atoms with E-state index in [0.29, 0.717) is 35.5 Å². The van der Waals surface area contributed by atoms with Gasteiger partial charge in [0, 0.05) is 29.7 Å². The van der Waals surface area contributed by atoms with E-state index in [1.165, 1.54) is 12.8 Å². The van der Waals surface area contributed by atoms with Crippen LogP contribution in [0.4, 0.5) is 0 Å². The summed E-state index contributed by atoms with van der Waals surface area (Å²) in [6.07, 6.45) is 5.22. The van der Waals surface area contributed by atoms with Crippen molar-refractivity contribution in [2.45, 2.75) is 52.0 Å². The van der Waals surface area contributed by atoms with Crippen LogP contribution in [0.15, 0.2) is 24.3 Å². The molecule has 4 unspecified atom stereocenters. The number of benzene rings is 1. The Morgan fingerprint density at radius 3 is 2.54 bits per heavy atom. The number of rotatable bonds is 3. The molecule has 0 aromatic heterocycles. The van der Waals surface area contributed by atoms with E-state index < -0.39 is 0 Å². The summed E-state index contributed by atoms with van der Waals surface area (Å²) in [7, 11) is 0. The Labute approximate surface area is 161 Å². The Hall–Kier alpha value is -1.55. The van der Waals surface area contributed by atoms with Crippen LogP contribution in [0.3, 0.4) is 0 Å². The first-order valence-corrected chi connectivity index (χ1v) is 10.2. The molecule has 5 heteroatoms. The fourth-order valence-corrected chi connectivity index (χ4v) is 4.36. The highest BCUT2D eigenvalue weighted by molar-refractivity contribution is 6.30. The largest absolute Gasteiger partial charge is 0.353 e. The second-order valence-electron chi connectivity index (χ2n) is 7.98. The van der Waals surface area contributed by atoms with E-state index in [0.717, 1.165) is 19.3 Å². The van der Waals surface area contributed by atoms with E-state index in [9.17, 15) is 9.59 Å². The molecule has 142 valence electrons. The van der Waals surface area contributed by atoms with Crippen molar-refractivity contribution in [1.29, 1.82) is 0 Å². The number of nitrogens with zero attached hydrogens (tertiary/aromatic N) is 1. The van der Waals surface area contributed by atoms with Gasteiger partial charge in [0.2, 0.25) is 5.91 Å². The molecule has 1 aromatic rings. The highest BCUT2D eigenvalue weighted by atomic mass is 35.5. The molecule has 1 aromatic carbocycles. The molecular weight excluding hydrogens is 348 g/mol. The minimum Gasteiger partial charge on any atom is -0.353 e. The van der Waals surface area contributed by atoms with Crippen LogP contribution in [-0.2, 0) is 4.79 Å². The molecule has 3 rings (SSSR count). The molecule has 26 heavy (non-hydrogen) atoms. The van der Waals surface area contributed by atoms with Crippen molar-refractivity contribution >= 4 is 23.4 Å². The predicted molar refractivity (Wildman–Crippen MR) is 104 cm³/mol. The van der Waals surface area contributed by atoms with E-state index in [4.69, 9.17) is 11.6 Å². The van der Waals surface area contributed by atoms with Gasteiger partial charge in [-0.1, -0.05) is 38.3 Å². The summed E-state index contributed by atoms with van der Waals surface area (Å²) in [6.45, 7) is 5.73. The van der Waals surface area contributed by atoms with E-state index >= 15 is 0 Å². The molecule has 1 aliphatic carbocycles. The van der Waals surface area contributed by atoms with E-state index in [-0.39, 0.29) is 23.8 Å². The van der Waals surface area contributed by atoms with Gasteiger partial charge in [0.1, 0.15) is 0 Å². The quantitative estimate of drug-likeness (QED) is 0.862. The van der Waals surface area contributed by atoms with Crippen LogP contribution in [0.2, 0.25) is 5.02 Å². The van der Waals surface area contributed by atoms with Gasteiger partial charge in [0.15, 0.2) is 0 Å². The maximum Gasteiger partial charge on any atom is 0.253 e. The SMILES string of the molecule is CC1CCCC(NC(=O)C2CCCN(C(=O)c3ccc(Cl)cc3)C2)C1C. The zero-order valence-electron chi connectivity index (χ0n) is 15.7. The van der Waals surface area contributed by atoms with Gasteiger partial charge in [-0.3, -0.25) is 9.59 Å². The topological polar surface area (TPSA) is 49.4 Å². The van der Waals surface area contributed by atoms with Gasteiger partial charge < -0.3 is 10.2 Å². The number of hydrogen-bond donors (Lipinski definition) is 1. The summed E-state index contributed by atoms with van der Waals surface area (Å²) in [6, 6.07) is 7.23. The van der Waals surface area contributed by atoms with Crippen molar-refractivity contribution in [2.75, 3.05) is 13.1 Å². The first kappa shape index (κ1) is 19.2. The smallest absolute Gasteiger partial charge is 0.253 e. The Bertz CT molecular complexity index is 646. The van der Waals surface area contributed by atoms with Crippen LogP contribution in [0.5, 0.6) is 0 Å². The summed E-state index contributed by atoms with van der Waals surface area (Å²) in [5, 5.41) is 3.90. The van der Waals surface area contributed by atoms with E-state index in [2.05, 4.69) is 19.2 Å². The summed E-state index contributed by atoms with van der Waals surface area (Å²) < 4.78 is 0. The second-order valence-corrected chi connectivity index (χ2v) is 8.42. The third-order valence-corrected chi connectivity index (χ3v) is 6.46. The number of nitrogens with one attached hydrogen (secondary N) is 1. The molecule has 4 nitrogen and oxygen atoms in total. The standard InChI is InChI=1S/C21H29ClN2O2/c1-14-5-3-7-19(15(14)2)23-20(25)17-6-4-12-24(13-17)21(26)16-8-10-18(22)11-9-16/h8-11,14-15,17,19H,3-7,12-13H2,1-2H3,(H,23,25). The van der Waals surface area contributed by atoms with Crippen LogP contribution in [0.25, 0.3) is 0 Å². The fraction of sp³-hybridized carbons (Fsp3) is 0.619. The van der Waals surface area contributed by atoms with Crippen LogP contribution < -0.4 is 5.32 Å². The van der Waals surface area contributed by atoms with Gasteiger partial charge in [-0.15, -0.1) is 0 Å². The number of piperidine rings is 1. The minimum absolute atomic E-state index is 0.0150. The Balaban J connectivity index is 1.59. The first-order chi connectivity index (χ1) is 12.5. The lowest BCUT2D eigenvalue weighted by Gasteiger charge is -2.37. The Morgan fingerprint density at radius 2 is 1.81 bits per heavy atom. The summed E-state index contributed by atoms with van der Waals surface area (Å²) >= 11 is 5.90. The predicted octanol–water partition coefficient (Wildman–Crippen LogP) is 4.13. The molecule has 2 aliphatic rings. The van der Waals surface area contributed by atoms with Gasteiger partial charge in [-0.25, -0.2) is 0 Å².